The van der Waals surface area contributed by atoms with Crippen LogP contribution in [0.1, 0.15) is 41.5 Å². The Morgan fingerprint density at radius 2 is 2.00 bits per heavy atom. The van der Waals surface area contributed by atoms with Crippen LogP contribution in [0.25, 0.3) is 5.82 Å². The number of hydrazone groups is 1. The smallest absolute Gasteiger partial charge is 0.292 e. The van der Waals surface area contributed by atoms with Crippen molar-refractivity contribution in [1.82, 2.24) is 35.6 Å². The van der Waals surface area contributed by atoms with Gasteiger partial charge in [0, 0.05) is 11.0 Å². The van der Waals surface area contributed by atoms with Crippen LogP contribution in [-0.4, -0.2) is 54.9 Å². The van der Waals surface area contributed by atoms with Gasteiger partial charge in [-0.05, 0) is 60.9 Å². The number of hydrogen-bond acceptors (Lipinski definition) is 9. The number of aromatic nitrogens is 5. The molecular formula is C18H20BrN9O2. The molecule has 1 aromatic carbocycles. The van der Waals surface area contributed by atoms with Crippen LogP contribution in [0, 0.1) is 0 Å². The Morgan fingerprint density at radius 1 is 1.27 bits per heavy atom. The highest BCUT2D eigenvalue weighted by Crippen LogP contribution is 2.19. The fraction of sp³-hybridized carbons (Fsp3) is 0.333. The third-order valence-corrected chi connectivity index (χ3v) is 5.34. The minimum Gasteiger partial charge on any atom is -0.378 e. The Bertz CT molecular complexity index is 1070. The maximum atomic E-state index is 13.1. The van der Waals surface area contributed by atoms with Crippen molar-refractivity contribution in [2.75, 3.05) is 18.8 Å². The van der Waals surface area contributed by atoms with Crippen LogP contribution < -0.4 is 11.2 Å². The van der Waals surface area contributed by atoms with Crippen LogP contribution in [0.3, 0.4) is 0 Å². The Kier molecular flexibility index (Phi) is 5.86. The Hall–Kier alpha value is -3.12. The molecule has 0 atom stereocenters. The summed E-state index contributed by atoms with van der Waals surface area (Å²) >= 11 is 3.40. The van der Waals surface area contributed by atoms with Crippen molar-refractivity contribution in [2.45, 2.75) is 26.3 Å². The topological polar surface area (TPSA) is 140 Å². The summed E-state index contributed by atoms with van der Waals surface area (Å²) in [6, 6.07) is 7.62. The number of likely N-dealkylation sites (tertiary alicyclic amines) is 1. The van der Waals surface area contributed by atoms with E-state index in [0.717, 1.165) is 36.0 Å². The van der Waals surface area contributed by atoms with E-state index in [2.05, 4.69) is 56.6 Å². The number of hydrogen-bond donors (Lipinski definition) is 2. The predicted molar refractivity (Wildman–Crippen MR) is 112 cm³/mol. The molecule has 3 aromatic rings. The molecule has 0 unspecified atom stereocenters. The molecule has 2 aromatic heterocycles. The zero-order chi connectivity index (χ0) is 21.1. The second-order valence-corrected chi connectivity index (χ2v) is 7.81. The zero-order valence-electron chi connectivity index (χ0n) is 16.2. The highest BCUT2D eigenvalue weighted by Gasteiger charge is 2.27. The molecule has 0 radical (unpaired) electrons. The average Bonchev–Trinajstić information content (AvgIpc) is 3.48. The maximum absolute atomic E-state index is 13.1. The molecule has 3 N–H and O–H groups in total. The number of nitrogens with two attached hydrogens (primary N) is 1. The number of nitrogen functional groups attached to an aromatic ring is 1. The number of rotatable bonds is 6. The van der Waals surface area contributed by atoms with Crippen molar-refractivity contribution in [3.8, 4) is 5.82 Å². The minimum atomic E-state index is -0.479. The Balaban J connectivity index is 1.62. The monoisotopic (exact) mass is 473 g/mol. The van der Waals surface area contributed by atoms with Gasteiger partial charge in [-0.2, -0.15) is 9.78 Å². The maximum Gasteiger partial charge on any atom is 0.292 e. The normalized spacial score (nSPS) is 14.9. The van der Waals surface area contributed by atoms with E-state index < -0.39 is 5.91 Å². The number of anilines is 1. The van der Waals surface area contributed by atoms with E-state index in [1.54, 1.807) is 0 Å². The van der Waals surface area contributed by atoms with E-state index in [4.69, 9.17) is 5.73 Å². The molecule has 0 aliphatic carbocycles. The molecule has 11 nitrogen and oxygen atoms in total. The van der Waals surface area contributed by atoms with E-state index in [9.17, 15) is 4.79 Å². The second-order valence-electron chi connectivity index (χ2n) is 6.90. The molecule has 4 rings (SSSR count). The molecule has 1 saturated heterocycles. The van der Waals surface area contributed by atoms with Gasteiger partial charge in [0.1, 0.15) is 5.69 Å². The van der Waals surface area contributed by atoms with Gasteiger partial charge in [0.2, 0.25) is 11.6 Å². The van der Waals surface area contributed by atoms with Crippen molar-refractivity contribution < 1.29 is 9.42 Å². The molecule has 0 saturated carbocycles. The number of halogens is 1. The highest BCUT2D eigenvalue weighted by molar-refractivity contribution is 9.10. The number of amides is 1. The highest BCUT2D eigenvalue weighted by atomic mass is 79.9. The lowest BCUT2D eigenvalue weighted by molar-refractivity contribution is 0.0945. The van der Waals surface area contributed by atoms with Gasteiger partial charge in [0.05, 0.1) is 5.71 Å². The van der Waals surface area contributed by atoms with Crippen molar-refractivity contribution >= 4 is 33.4 Å². The summed E-state index contributed by atoms with van der Waals surface area (Å²) < 4.78 is 6.85. The molecule has 156 valence electrons. The van der Waals surface area contributed by atoms with E-state index in [1.807, 2.05) is 31.2 Å². The van der Waals surface area contributed by atoms with Gasteiger partial charge in [-0.1, -0.05) is 33.3 Å². The van der Waals surface area contributed by atoms with Crippen molar-refractivity contribution in [3.05, 3.63) is 45.7 Å². The van der Waals surface area contributed by atoms with Crippen LogP contribution in [-0.2, 0) is 6.54 Å². The van der Waals surface area contributed by atoms with Gasteiger partial charge >= 0.3 is 0 Å². The molecule has 1 aliphatic rings. The zero-order valence-corrected chi connectivity index (χ0v) is 17.8. The van der Waals surface area contributed by atoms with E-state index in [1.165, 1.54) is 4.68 Å². The Labute approximate surface area is 180 Å². The largest absolute Gasteiger partial charge is 0.378 e. The van der Waals surface area contributed by atoms with Gasteiger partial charge in [0.15, 0.2) is 5.69 Å². The van der Waals surface area contributed by atoms with E-state index in [-0.39, 0.29) is 17.3 Å². The molecule has 1 aliphatic heterocycles. The molecule has 3 heterocycles. The Morgan fingerprint density at radius 3 is 2.67 bits per heavy atom. The van der Waals surface area contributed by atoms with Crippen molar-refractivity contribution in [1.29, 1.82) is 0 Å². The van der Waals surface area contributed by atoms with E-state index >= 15 is 0 Å². The van der Waals surface area contributed by atoms with Crippen LogP contribution >= 0.6 is 15.9 Å². The SMILES string of the molecule is C/C(=N/NC(=O)c1c(CN2CCCC2)nnn1-c1nonc1N)c1ccc(Br)cc1. The summed E-state index contributed by atoms with van der Waals surface area (Å²) in [7, 11) is 0. The van der Waals surface area contributed by atoms with Gasteiger partial charge < -0.3 is 5.73 Å². The number of benzene rings is 1. The average molecular weight is 474 g/mol. The van der Waals surface area contributed by atoms with Crippen molar-refractivity contribution in [3.63, 3.8) is 0 Å². The molecule has 30 heavy (non-hydrogen) atoms. The predicted octanol–water partition coefficient (Wildman–Crippen LogP) is 1.74. The van der Waals surface area contributed by atoms with Gasteiger partial charge in [-0.25, -0.2) is 10.1 Å². The number of nitrogens with zero attached hydrogens (tertiary/aromatic N) is 7. The summed E-state index contributed by atoms with van der Waals surface area (Å²) in [5, 5.41) is 19.8. The standard InChI is InChI=1S/C18H20BrN9O2/c1-11(12-4-6-13(19)7-5-12)21-23-18(29)15-14(10-27-8-2-3-9-27)22-26-28(15)17-16(20)24-30-25-17/h4-7H,2-3,8-10H2,1H3,(H2,20,24)(H,23,29)/b21-11-. The fourth-order valence-corrected chi connectivity index (χ4v) is 3.49. The summed E-state index contributed by atoms with van der Waals surface area (Å²) in [4.78, 5) is 15.3. The second kappa shape index (κ2) is 8.71. The van der Waals surface area contributed by atoms with Crippen LogP contribution in [0.15, 0.2) is 38.5 Å². The first-order valence-electron chi connectivity index (χ1n) is 9.39. The lowest BCUT2D eigenvalue weighted by atomic mass is 10.1. The minimum absolute atomic E-state index is 0.0104. The third-order valence-electron chi connectivity index (χ3n) is 4.81. The molecular weight excluding hydrogens is 454 g/mol. The van der Waals surface area contributed by atoms with Gasteiger partial charge in [0.25, 0.3) is 5.91 Å². The number of carbonyl (C=O) groups excluding carboxylic acids is 1. The molecule has 0 spiro atoms. The van der Waals surface area contributed by atoms with Crippen LogP contribution in [0.5, 0.6) is 0 Å². The van der Waals surface area contributed by atoms with Gasteiger partial charge in [-0.15, -0.1) is 5.10 Å². The van der Waals surface area contributed by atoms with Crippen LogP contribution in [0.2, 0.25) is 0 Å². The fourth-order valence-electron chi connectivity index (χ4n) is 3.23. The first-order valence-corrected chi connectivity index (χ1v) is 10.2. The number of carbonyl (C=O) groups is 1. The third kappa shape index (κ3) is 4.24. The summed E-state index contributed by atoms with van der Waals surface area (Å²) in [6.45, 7) is 4.19. The number of nitrogens with one attached hydrogen (secondary N) is 1. The van der Waals surface area contributed by atoms with Gasteiger partial charge in [-0.3, -0.25) is 9.69 Å². The molecule has 1 amide bonds. The van der Waals surface area contributed by atoms with E-state index in [0.29, 0.717) is 18.0 Å². The molecule has 12 heteroatoms. The summed E-state index contributed by atoms with van der Waals surface area (Å²) in [5.74, 6) is -0.363. The lowest BCUT2D eigenvalue weighted by Gasteiger charge is -2.13. The van der Waals surface area contributed by atoms with Crippen molar-refractivity contribution in [2.24, 2.45) is 5.10 Å². The first-order chi connectivity index (χ1) is 14.5. The molecule has 1 fully saturated rings. The lowest BCUT2D eigenvalue weighted by Crippen LogP contribution is -2.26. The first kappa shape index (κ1) is 20.2. The quantitative estimate of drug-likeness (QED) is 0.407. The van der Waals surface area contributed by atoms with Crippen LogP contribution in [0.4, 0.5) is 5.82 Å². The molecule has 0 bridgehead atoms. The summed E-state index contributed by atoms with van der Waals surface area (Å²) in [5.41, 5.74) is 10.6. The summed E-state index contributed by atoms with van der Waals surface area (Å²) in [6.07, 6.45) is 2.24.